The van der Waals surface area contributed by atoms with Gasteiger partial charge in [-0.2, -0.15) is 0 Å². The molecule has 0 saturated heterocycles. The minimum atomic E-state index is -0.227. The minimum Gasteiger partial charge on any atom is -0.361 e. The van der Waals surface area contributed by atoms with Crippen LogP contribution in [-0.2, 0) is 0 Å². The second-order valence-corrected chi connectivity index (χ2v) is 5.43. The van der Waals surface area contributed by atoms with Crippen LogP contribution in [0.15, 0.2) is 36.4 Å². The zero-order valence-electron chi connectivity index (χ0n) is 11.3. The van der Waals surface area contributed by atoms with Gasteiger partial charge in [-0.3, -0.25) is 4.79 Å². The van der Waals surface area contributed by atoms with Crippen LogP contribution in [0.4, 0.5) is 5.69 Å². The smallest absolute Gasteiger partial charge is 0.256 e. The molecule has 1 aliphatic rings. The summed E-state index contributed by atoms with van der Waals surface area (Å²) in [5.41, 5.74) is 4.68. The maximum absolute atomic E-state index is 12.3. The molecular weight excluding hydrogens is 272 g/mol. The molecule has 0 aliphatic carbocycles. The number of amides is 1. The van der Waals surface area contributed by atoms with Crippen LogP contribution < -0.4 is 10.6 Å². The normalized spacial score (nSPS) is 17.1. The summed E-state index contributed by atoms with van der Waals surface area (Å²) < 4.78 is 0. The Bertz CT molecular complexity index is 677. The van der Waals surface area contributed by atoms with E-state index < -0.39 is 0 Å². The highest BCUT2D eigenvalue weighted by atomic mass is 35.5. The van der Waals surface area contributed by atoms with Gasteiger partial charge in [-0.15, -0.1) is 0 Å². The highest BCUT2D eigenvalue weighted by molar-refractivity contribution is 6.34. The van der Waals surface area contributed by atoms with E-state index in [1.165, 1.54) is 0 Å². The van der Waals surface area contributed by atoms with E-state index in [2.05, 4.69) is 10.6 Å². The van der Waals surface area contributed by atoms with Crippen molar-refractivity contribution < 1.29 is 4.79 Å². The molecule has 0 aromatic heterocycles. The van der Waals surface area contributed by atoms with Crippen molar-refractivity contribution in [2.24, 2.45) is 0 Å². The fraction of sp³-hybridized carbons (Fsp3) is 0.188. The Morgan fingerprint density at radius 2 is 1.65 bits per heavy atom. The Morgan fingerprint density at radius 1 is 1.00 bits per heavy atom. The molecule has 1 atom stereocenters. The van der Waals surface area contributed by atoms with Gasteiger partial charge < -0.3 is 10.6 Å². The summed E-state index contributed by atoms with van der Waals surface area (Å²) in [6.07, 6.45) is -0.227. The third-order valence-corrected chi connectivity index (χ3v) is 3.96. The molecule has 0 spiro atoms. The summed E-state index contributed by atoms with van der Waals surface area (Å²) in [4.78, 5) is 12.3. The number of rotatable bonds is 1. The molecule has 1 aliphatic heterocycles. The fourth-order valence-corrected chi connectivity index (χ4v) is 2.96. The molecule has 1 amide bonds. The van der Waals surface area contributed by atoms with Crippen molar-refractivity contribution in [1.29, 1.82) is 0 Å². The van der Waals surface area contributed by atoms with Crippen molar-refractivity contribution in [3.05, 3.63) is 63.7 Å². The van der Waals surface area contributed by atoms with E-state index >= 15 is 0 Å². The fourth-order valence-electron chi connectivity index (χ4n) is 2.70. The molecule has 102 valence electrons. The summed E-state index contributed by atoms with van der Waals surface area (Å²) in [5.74, 6) is -0.142. The van der Waals surface area contributed by atoms with E-state index in [1.54, 1.807) is 6.07 Å². The molecular formula is C16H15ClN2O. The summed E-state index contributed by atoms with van der Waals surface area (Å²) >= 11 is 6.09. The second-order valence-electron chi connectivity index (χ2n) is 5.02. The summed E-state index contributed by atoms with van der Waals surface area (Å²) in [6.45, 7) is 4.09. The van der Waals surface area contributed by atoms with E-state index in [0.717, 1.165) is 22.4 Å². The SMILES string of the molecule is Cc1cccc(C)c1C1NC(=O)c2c(Cl)cccc2N1. The number of aryl methyl sites for hydroxylation is 2. The van der Waals surface area contributed by atoms with Crippen LogP contribution in [0.5, 0.6) is 0 Å². The van der Waals surface area contributed by atoms with Gasteiger partial charge in [-0.05, 0) is 37.1 Å². The van der Waals surface area contributed by atoms with Crippen LogP contribution in [0.1, 0.15) is 33.2 Å². The molecule has 2 aromatic rings. The molecule has 0 saturated carbocycles. The second kappa shape index (κ2) is 4.84. The van der Waals surface area contributed by atoms with Gasteiger partial charge in [0.1, 0.15) is 6.17 Å². The third-order valence-electron chi connectivity index (χ3n) is 3.65. The van der Waals surface area contributed by atoms with Crippen LogP contribution >= 0.6 is 11.6 Å². The number of hydrogen-bond donors (Lipinski definition) is 2. The van der Waals surface area contributed by atoms with Crippen molar-refractivity contribution in [3.8, 4) is 0 Å². The van der Waals surface area contributed by atoms with E-state index in [1.807, 2.05) is 44.2 Å². The number of hydrogen-bond acceptors (Lipinski definition) is 2. The summed E-state index contributed by atoms with van der Waals surface area (Å²) in [7, 11) is 0. The zero-order chi connectivity index (χ0) is 14.3. The van der Waals surface area contributed by atoms with E-state index in [9.17, 15) is 4.79 Å². The van der Waals surface area contributed by atoms with Crippen molar-refractivity contribution in [3.63, 3.8) is 0 Å². The maximum Gasteiger partial charge on any atom is 0.256 e. The number of carbonyl (C=O) groups excluding carboxylic acids is 1. The molecule has 0 bridgehead atoms. The predicted octanol–water partition coefficient (Wildman–Crippen LogP) is 3.81. The Labute approximate surface area is 123 Å². The highest BCUT2D eigenvalue weighted by Crippen LogP contribution is 2.33. The number of benzene rings is 2. The number of carbonyl (C=O) groups is 1. The Kier molecular flexibility index (Phi) is 3.14. The predicted molar refractivity (Wildman–Crippen MR) is 81.2 cm³/mol. The molecule has 3 rings (SSSR count). The Hall–Kier alpha value is -2.00. The molecule has 20 heavy (non-hydrogen) atoms. The van der Waals surface area contributed by atoms with E-state index in [-0.39, 0.29) is 12.1 Å². The average molecular weight is 287 g/mol. The lowest BCUT2D eigenvalue weighted by Crippen LogP contribution is -2.39. The molecule has 1 unspecified atom stereocenters. The topological polar surface area (TPSA) is 41.1 Å². The summed E-state index contributed by atoms with van der Waals surface area (Å²) in [6, 6.07) is 11.5. The number of fused-ring (bicyclic) bond motifs is 1. The first-order chi connectivity index (χ1) is 9.58. The largest absolute Gasteiger partial charge is 0.361 e. The van der Waals surface area contributed by atoms with Crippen molar-refractivity contribution >= 4 is 23.2 Å². The molecule has 4 heteroatoms. The number of anilines is 1. The highest BCUT2D eigenvalue weighted by Gasteiger charge is 2.27. The van der Waals surface area contributed by atoms with Gasteiger partial charge >= 0.3 is 0 Å². The van der Waals surface area contributed by atoms with Gasteiger partial charge in [0, 0.05) is 5.56 Å². The Morgan fingerprint density at radius 3 is 2.35 bits per heavy atom. The molecule has 1 heterocycles. The lowest BCUT2D eigenvalue weighted by atomic mass is 9.98. The minimum absolute atomic E-state index is 0.142. The first-order valence-electron chi connectivity index (χ1n) is 6.50. The van der Waals surface area contributed by atoms with Gasteiger partial charge in [-0.1, -0.05) is 35.9 Å². The number of halogens is 1. The quantitative estimate of drug-likeness (QED) is 0.837. The standard InChI is InChI=1S/C16H15ClN2O/c1-9-5-3-6-10(2)13(9)15-18-12-8-4-7-11(17)14(12)16(20)19-15/h3-8,15,18H,1-2H3,(H,19,20). The number of nitrogens with one attached hydrogen (secondary N) is 2. The van der Waals surface area contributed by atoms with Crippen molar-refractivity contribution in [2.75, 3.05) is 5.32 Å². The third kappa shape index (κ3) is 2.04. The Balaban J connectivity index is 2.06. The maximum atomic E-state index is 12.3. The van der Waals surface area contributed by atoms with Crippen LogP contribution in [0.3, 0.4) is 0 Å². The average Bonchev–Trinajstić information content (AvgIpc) is 2.38. The van der Waals surface area contributed by atoms with Gasteiger partial charge in [0.05, 0.1) is 16.3 Å². The van der Waals surface area contributed by atoms with E-state index in [4.69, 9.17) is 11.6 Å². The van der Waals surface area contributed by atoms with E-state index in [0.29, 0.717) is 10.6 Å². The van der Waals surface area contributed by atoms with Crippen LogP contribution in [-0.4, -0.2) is 5.91 Å². The van der Waals surface area contributed by atoms with Crippen LogP contribution in [0, 0.1) is 13.8 Å². The first kappa shape index (κ1) is 13.0. The lowest BCUT2D eigenvalue weighted by molar-refractivity contribution is 0.0935. The first-order valence-corrected chi connectivity index (χ1v) is 6.88. The van der Waals surface area contributed by atoms with Gasteiger partial charge in [-0.25, -0.2) is 0 Å². The van der Waals surface area contributed by atoms with Gasteiger partial charge in [0.15, 0.2) is 0 Å². The van der Waals surface area contributed by atoms with Gasteiger partial charge in [0.25, 0.3) is 5.91 Å². The molecule has 0 fully saturated rings. The van der Waals surface area contributed by atoms with Gasteiger partial charge in [0.2, 0.25) is 0 Å². The van der Waals surface area contributed by atoms with Crippen LogP contribution in [0.2, 0.25) is 5.02 Å². The molecule has 2 N–H and O–H groups in total. The molecule has 3 nitrogen and oxygen atoms in total. The lowest BCUT2D eigenvalue weighted by Gasteiger charge is -2.30. The molecule has 2 aromatic carbocycles. The summed E-state index contributed by atoms with van der Waals surface area (Å²) in [5, 5.41) is 6.79. The zero-order valence-corrected chi connectivity index (χ0v) is 12.1. The van der Waals surface area contributed by atoms with Crippen molar-refractivity contribution in [2.45, 2.75) is 20.0 Å². The monoisotopic (exact) mass is 286 g/mol. The molecule has 0 radical (unpaired) electrons. The van der Waals surface area contributed by atoms with Crippen molar-refractivity contribution in [1.82, 2.24) is 5.32 Å². The van der Waals surface area contributed by atoms with Crippen LogP contribution in [0.25, 0.3) is 0 Å².